The topological polar surface area (TPSA) is 57.4 Å². The minimum Gasteiger partial charge on any atom is -0.497 e. The SMILES string of the molecule is COc1cc(OC)cc(-c2nc(-c3ccc(I)cc3)no2)c1. The number of halogens is 1. The molecule has 0 spiro atoms. The molecule has 112 valence electrons. The van der Waals surface area contributed by atoms with Crippen molar-refractivity contribution < 1.29 is 14.0 Å². The van der Waals surface area contributed by atoms with Crippen LogP contribution in [0.3, 0.4) is 0 Å². The Balaban J connectivity index is 1.98. The summed E-state index contributed by atoms with van der Waals surface area (Å²) in [5.41, 5.74) is 1.66. The molecule has 0 atom stereocenters. The monoisotopic (exact) mass is 408 g/mol. The zero-order chi connectivity index (χ0) is 15.5. The van der Waals surface area contributed by atoms with Crippen LogP contribution in [0.4, 0.5) is 0 Å². The van der Waals surface area contributed by atoms with Crippen molar-refractivity contribution in [2.24, 2.45) is 0 Å². The van der Waals surface area contributed by atoms with Gasteiger partial charge in [0.2, 0.25) is 5.82 Å². The molecule has 3 aromatic rings. The van der Waals surface area contributed by atoms with E-state index in [0.29, 0.717) is 23.2 Å². The maximum absolute atomic E-state index is 5.36. The molecule has 0 radical (unpaired) electrons. The van der Waals surface area contributed by atoms with Gasteiger partial charge in [0, 0.05) is 20.8 Å². The van der Waals surface area contributed by atoms with Gasteiger partial charge in [-0.05, 0) is 46.9 Å². The summed E-state index contributed by atoms with van der Waals surface area (Å²) in [6.45, 7) is 0. The molecule has 0 fully saturated rings. The number of hydrogen-bond donors (Lipinski definition) is 0. The number of aromatic nitrogens is 2. The van der Waals surface area contributed by atoms with Crippen LogP contribution < -0.4 is 9.47 Å². The van der Waals surface area contributed by atoms with Crippen LogP contribution in [0.2, 0.25) is 0 Å². The first kappa shape index (κ1) is 14.8. The lowest BCUT2D eigenvalue weighted by Crippen LogP contribution is -1.89. The summed E-state index contributed by atoms with van der Waals surface area (Å²) in [7, 11) is 3.20. The highest BCUT2D eigenvalue weighted by atomic mass is 127. The molecule has 1 heterocycles. The Morgan fingerprint density at radius 3 is 2.14 bits per heavy atom. The molecule has 6 heteroatoms. The van der Waals surface area contributed by atoms with Crippen molar-refractivity contribution in [2.45, 2.75) is 0 Å². The Morgan fingerprint density at radius 1 is 0.909 bits per heavy atom. The molecule has 0 bridgehead atoms. The van der Waals surface area contributed by atoms with E-state index in [9.17, 15) is 0 Å². The fourth-order valence-electron chi connectivity index (χ4n) is 1.99. The fraction of sp³-hybridized carbons (Fsp3) is 0.125. The van der Waals surface area contributed by atoms with Gasteiger partial charge in [-0.15, -0.1) is 0 Å². The lowest BCUT2D eigenvalue weighted by molar-refractivity contribution is 0.393. The summed E-state index contributed by atoms with van der Waals surface area (Å²) in [6, 6.07) is 13.4. The molecule has 0 saturated carbocycles. The van der Waals surface area contributed by atoms with Crippen LogP contribution in [-0.4, -0.2) is 24.4 Å². The van der Waals surface area contributed by atoms with Gasteiger partial charge < -0.3 is 14.0 Å². The summed E-state index contributed by atoms with van der Waals surface area (Å²) >= 11 is 2.25. The third kappa shape index (κ3) is 3.06. The smallest absolute Gasteiger partial charge is 0.258 e. The zero-order valence-electron chi connectivity index (χ0n) is 12.0. The van der Waals surface area contributed by atoms with E-state index in [4.69, 9.17) is 14.0 Å². The van der Waals surface area contributed by atoms with E-state index in [1.54, 1.807) is 20.3 Å². The third-order valence-corrected chi connectivity index (χ3v) is 3.85. The number of nitrogens with zero attached hydrogens (tertiary/aromatic N) is 2. The highest BCUT2D eigenvalue weighted by Gasteiger charge is 2.13. The molecule has 0 aliphatic rings. The molecule has 3 rings (SSSR count). The van der Waals surface area contributed by atoms with E-state index >= 15 is 0 Å². The average molecular weight is 408 g/mol. The predicted molar refractivity (Wildman–Crippen MR) is 91.0 cm³/mol. The van der Waals surface area contributed by atoms with Crippen LogP contribution in [0.1, 0.15) is 0 Å². The molecule has 0 aliphatic carbocycles. The molecule has 0 aliphatic heterocycles. The molecule has 1 aromatic heterocycles. The molecule has 0 unspecified atom stereocenters. The second-order valence-corrected chi connectivity index (χ2v) is 5.78. The lowest BCUT2D eigenvalue weighted by Gasteiger charge is -2.05. The van der Waals surface area contributed by atoms with Gasteiger partial charge in [0.15, 0.2) is 0 Å². The van der Waals surface area contributed by atoms with E-state index in [1.807, 2.05) is 36.4 Å². The van der Waals surface area contributed by atoms with Gasteiger partial charge >= 0.3 is 0 Å². The van der Waals surface area contributed by atoms with Gasteiger partial charge in [0.05, 0.1) is 14.2 Å². The van der Waals surface area contributed by atoms with Gasteiger partial charge in [0.1, 0.15) is 11.5 Å². The van der Waals surface area contributed by atoms with E-state index in [2.05, 4.69) is 32.7 Å². The summed E-state index contributed by atoms with van der Waals surface area (Å²) < 4.78 is 17.0. The van der Waals surface area contributed by atoms with Gasteiger partial charge in [0.25, 0.3) is 5.89 Å². The fourth-order valence-corrected chi connectivity index (χ4v) is 2.35. The van der Waals surface area contributed by atoms with Crippen LogP contribution in [0.5, 0.6) is 11.5 Å². The molecule has 0 amide bonds. The van der Waals surface area contributed by atoms with Gasteiger partial charge in [-0.25, -0.2) is 0 Å². The Hall–Kier alpha value is -2.09. The highest BCUT2D eigenvalue weighted by Crippen LogP contribution is 2.30. The lowest BCUT2D eigenvalue weighted by atomic mass is 10.2. The van der Waals surface area contributed by atoms with Crippen molar-refractivity contribution in [3.63, 3.8) is 0 Å². The predicted octanol–water partition coefficient (Wildman–Crippen LogP) is 4.03. The van der Waals surface area contributed by atoms with E-state index in [1.165, 1.54) is 0 Å². The van der Waals surface area contributed by atoms with E-state index in [0.717, 1.165) is 14.7 Å². The van der Waals surface area contributed by atoms with Crippen molar-refractivity contribution in [1.82, 2.24) is 10.1 Å². The summed E-state index contributed by atoms with van der Waals surface area (Å²) in [5, 5.41) is 4.03. The van der Waals surface area contributed by atoms with Crippen LogP contribution in [0.15, 0.2) is 47.0 Å². The van der Waals surface area contributed by atoms with Crippen LogP contribution in [0.25, 0.3) is 22.8 Å². The molecule has 2 aromatic carbocycles. The quantitative estimate of drug-likeness (QED) is 0.611. The second kappa shape index (κ2) is 6.35. The standard InChI is InChI=1S/C16H13IN2O3/c1-20-13-7-11(8-14(9-13)21-2)16-18-15(19-22-16)10-3-5-12(17)6-4-10/h3-9H,1-2H3. The van der Waals surface area contributed by atoms with Crippen LogP contribution >= 0.6 is 22.6 Å². The molecule has 0 saturated heterocycles. The maximum Gasteiger partial charge on any atom is 0.258 e. The Labute approximate surface area is 141 Å². The summed E-state index contributed by atoms with van der Waals surface area (Å²) in [4.78, 5) is 4.44. The van der Waals surface area contributed by atoms with Crippen LogP contribution in [-0.2, 0) is 0 Å². The van der Waals surface area contributed by atoms with Gasteiger partial charge in [-0.1, -0.05) is 17.3 Å². The van der Waals surface area contributed by atoms with Gasteiger partial charge in [-0.2, -0.15) is 4.98 Å². The third-order valence-electron chi connectivity index (χ3n) is 3.13. The first-order valence-corrected chi connectivity index (χ1v) is 7.60. The average Bonchev–Trinajstić information content (AvgIpc) is 3.05. The molecule has 5 nitrogen and oxygen atoms in total. The summed E-state index contributed by atoms with van der Waals surface area (Å²) in [5.74, 6) is 2.31. The maximum atomic E-state index is 5.36. The Kier molecular flexibility index (Phi) is 4.28. The van der Waals surface area contributed by atoms with Crippen molar-refractivity contribution in [2.75, 3.05) is 14.2 Å². The highest BCUT2D eigenvalue weighted by molar-refractivity contribution is 14.1. The molecular formula is C16H13IN2O3. The molecule has 0 N–H and O–H groups in total. The first-order chi connectivity index (χ1) is 10.7. The number of hydrogen-bond acceptors (Lipinski definition) is 5. The molecule has 22 heavy (non-hydrogen) atoms. The number of ether oxygens (including phenoxy) is 2. The van der Waals surface area contributed by atoms with Crippen LogP contribution in [0, 0.1) is 3.57 Å². The Morgan fingerprint density at radius 2 is 1.55 bits per heavy atom. The van der Waals surface area contributed by atoms with Crippen molar-refractivity contribution in [1.29, 1.82) is 0 Å². The largest absolute Gasteiger partial charge is 0.497 e. The summed E-state index contributed by atoms with van der Waals surface area (Å²) in [6.07, 6.45) is 0. The first-order valence-electron chi connectivity index (χ1n) is 6.52. The number of benzene rings is 2. The van der Waals surface area contributed by atoms with E-state index < -0.39 is 0 Å². The van der Waals surface area contributed by atoms with Crippen molar-refractivity contribution >= 4 is 22.6 Å². The van der Waals surface area contributed by atoms with E-state index in [-0.39, 0.29) is 0 Å². The van der Waals surface area contributed by atoms with Gasteiger partial charge in [-0.3, -0.25) is 0 Å². The normalized spacial score (nSPS) is 10.5. The molecular weight excluding hydrogens is 395 g/mol. The zero-order valence-corrected chi connectivity index (χ0v) is 14.2. The Bertz CT molecular complexity index is 762. The number of rotatable bonds is 4. The second-order valence-electron chi connectivity index (χ2n) is 4.53. The number of methoxy groups -OCH3 is 2. The van der Waals surface area contributed by atoms with Crippen molar-refractivity contribution in [3.05, 3.63) is 46.0 Å². The minimum atomic E-state index is 0.422. The minimum absolute atomic E-state index is 0.422. The van der Waals surface area contributed by atoms with Crippen molar-refractivity contribution in [3.8, 4) is 34.3 Å².